The van der Waals surface area contributed by atoms with Crippen molar-refractivity contribution in [1.82, 2.24) is 15.2 Å². The summed E-state index contributed by atoms with van der Waals surface area (Å²) < 4.78 is 10.7. The molecule has 1 amide bonds. The number of carbonyl (C=O) groups excluding carboxylic acids is 1. The highest BCUT2D eigenvalue weighted by atomic mass is 35.5. The van der Waals surface area contributed by atoms with Gasteiger partial charge >= 0.3 is 0 Å². The Morgan fingerprint density at radius 1 is 1.32 bits per heavy atom. The lowest BCUT2D eigenvalue weighted by Crippen LogP contribution is -2.14. The molecule has 128 valence electrons. The number of nitrogens with zero attached hydrogens (tertiary/aromatic N) is 3. The van der Waals surface area contributed by atoms with E-state index in [0.29, 0.717) is 22.6 Å². The number of benzene rings is 1. The molecule has 2 aromatic heterocycles. The molecule has 0 aliphatic carbocycles. The maximum Gasteiger partial charge on any atom is 0.277 e. The van der Waals surface area contributed by atoms with Gasteiger partial charge in [0.2, 0.25) is 11.8 Å². The van der Waals surface area contributed by atoms with Crippen LogP contribution in [0.5, 0.6) is 5.75 Å². The molecule has 7 nitrogen and oxygen atoms in total. The lowest BCUT2D eigenvalue weighted by atomic mass is 10.2. The van der Waals surface area contributed by atoms with Gasteiger partial charge in [-0.15, -0.1) is 10.2 Å². The van der Waals surface area contributed by atoms with Crippen LogP contribution in [0, 0.1) is 0 Å². The summed E-state index contributed by atoms with van der Waals surface area (Å²) in [6, 6.07) is 10.6. The minimum Gasteiger partial charge on any atom is -0.497 e. The first-order valence-electron chi connectivity index (χ1n) is 7.17. The van der Waals surface area contributed by atoms with Crippen molar-refractivity contribution in [2.24, 2.45) is 0 Å². The van der Waals surface area contributed by atoms with Crippen LogP contribution in [0.3, 0.4) is 0 Å². The number of anilines is 1. The van der Waals surface area contributed by atoms with Crippen molar-refractivity contribution in [3.8, 4) is 17.2 Å². The molecule has 0 radical (unpaired) electrons. The number of rotatable bonds is 6. The van der Waals surface area contributed by atoms with Crippen molar-refractivity contribution in [2.45, 2.75) is 5.22 Å². The van der Waals surface area contributed by atoms with E-state index in [4.69, 9.17) is 20.8 Å². The maximum absolute atomic E-state index is 12.0. The molecular weight excluding hydrogens is 364 g/mol. The molecule has 1 aromatic carbocycles. The number of thioether (sulfide) groups is 1. The Bertz CT molecular complexity index is 887. The van der Waals surface area contributed by atoms with Gasteiger partial charge in [-0.2, -0.15) is 0 Å². The molecule has 0 saturated carbocycles. The molecule has 25 heavy (non-hydrogen) atoms. The number of nitrogens with one attached hydrogen (secondary N) is 1. The van der Waals surface area contributed by atoms with Crippen molar-refractivity contribution in [3.05, 3.63) is 47.7 Å². The van der Waals surface area contributed by atoms with Gasteiger partial charge < -0.3 is 14.5 Å². The third-order valence-corrected chi connectivity index (χ3v) is 4.20. The molecule has 0 saturated heterocycles. The van der Waals surface area contributed by atoms with E-state index in [1.54, 1.807) is 31.5 Å². The summed E-state index contributed by atoms with van der Waals surface area (Å²) in [6.45, 7) is 0. The number of amides is 1. The zero-order chi connectivity index (χ0) is 17.6. The number of hydrogen-bond donors (Lipinski definition) is 1. The quantitative estimate of drug-likeness (QED) is 0.519. The van der Waals surface area contributed by atoms with Crippen LogP contribution in [0.25, 0.3) is 11.5 Å². The van der Waals surface area contributed by atoms with Gasteiger partial charge in [0.25, 0.3) is 5.22 Å². The maximum atomic E-state index is 12.0. The topological polar surface area (TPSA) is 90.1 Å². The van der Waals surface area contributed by atoms with Crippen LogP contribution in [0.15, 0.2) is 52.2 Å². The zero-order valence-corrected chi connectivity index (χ0v) is 14.7. The van der Waals surface area contributed by atoms with E-state index < -0.39 is 0 Å². The van der Waals surface area contributed by atoms with Crippen LogP contribution >= 0.6 is 23.4 Å². The van der Waals surface area contributed by atoms with E-state index in [-0.39, 0.29) is 16.8 Å². The lowest BCUT2D eigenvalue weighted by molar-refractivity contribution is -0.113. The first kappa shape index (κ1) is 17.2. The fraction of sp³-hybridized carbons (Fsp3) is 0.125. The molecule has 0 aliphatic rings. The van der Waals surface area contributed by atoms with Crippen molar-refractivity contribution < 1.29 is 13.9 Å². The highest BCUT2D eigenvalue weighted by Gasteiger charge is 2.12. The zero-order valence-electron chi connectivity index (χ0n) is 13.1. The largest absolute Gasteiger partial charge is 0.497 e. The predicted molar refractivity (Wildman–Crippen MR) is 94.9 cm³/mol. The summed E-state index contributed by atoms with van der Waals surface area (Å²) in [5, 5.41) is 11.1. The summed E-state index contributed by atoms with van der Waals surface area (Å²) in [4.78, 5) is 15.9. The fourth-order valence-electron chi connectivity index (χ4n) is 1.93. The number of methoxy groups -OCH3 is 1. The Morgan fingerprint density at radius 2 is 2.20 bits per heavy atom. The summed E-state index contributed by atoms with van der Waals surface area (Å²) in [5.41, 5.74) is 1.20. The van der Waals surface area contributed by atoms with Crippen molar-refractivity contribution in [2.75, 3.05) is 18.2 Å². The highest BCUT2D eigenvalue weighted by Crippen LogP contribution is 2.26. The number of hydrogen-bond acceptors (Lipinski definition) is 7. The van der Waals surface area contributed by atoms with E-state index in [0.717, 1.165) is 17.3 Å². The molecule has 0 atom stereocenters. The van der Waals surface area contributed by atoms with Crippen molar-refractivity contribution in [1.29, 1.82) is 0 Å². The molecule has 1 N–H and O–H groups in total. The van der Waals surface area contributed by atoms with Crippen LogP contribution in [-0.4, -0.2) is 34.0 Å². The molecule has 0 spiro atoms. The standard InChI is InChI=1S/C16H13ClN4O3S/c1-23-11-5-2-4-10(8-11)15-20-21-16(24-15)25-9-13(22)19-12-6-3-7-18-14(12)17/h2-8H,9H2,1H3,(H,19,22). The van der Waals surface area contributed by atoms with E-state index in [9.17, 15) is 4.79 Å². The second kappa shape index (κ2) is 8.00. The molecule has 0 bridgehead atoms. The van der Waals surface area contributed by atoms with E-state index in [1.807, 2.05) is 18.2 Å². The SMILES string of the molecule is COc1cccc(-c2nnc(SCC(=O)Nc3cccnc3Cl)o2)c1. The van der Waals surface area contributed by atoms with Crippen molar-refractivity contribution in [3.63, 3.8) is 0 Å². The summed E-state index contributed by atoms with van der Waals surface area (Å²) in [7, 11) is 1.58. The van der Waals surface area contributed by atoms with Crippen molar-refractivity contribution >= 4 is 35.0 Å². The minimum atomic E-state index is -0.249. The second-order valence-corrected chi connectivity index (χ2v) is 6.07. The Kier molecular flexibility index (Phi) is 5.52. The second-order valence-electron chi connectivity index (χ2n) is 4.78. The van der Waals surface area contributed by atoms with E-state index in [1.165, 1.54) is 0 Å². The van der Waals surface area contributed by atoms with Gasteiger partial charge in [-0.05, 0) is 30.3 Å². The number of carbonyl (C=O) groups is 1. The first-order valence-corrected chi connectivity index (χ1v) is 8.53. The first-order chi connectivity index (χ1) is 12.2. The average Bonchev–Trinajstić information content (AvgIpc) is 3.11. The highest BCUT2D eigenvalue weighted by molar-refractivity contribution is 7.99. The van der Waals surface area contributed by atoms with E-state index >= 15 is 0 Å². The predicted octanol–water partition coefficient (Wildman–Crippen LogP) is 3.52. The average molecular weight is 377 g/mol. The summed E-state index contributed by atoms with van der Waals surface area (Å²) >= 11 is 7.03. The third-order valence-electron chi connectivity index (χ3n) is 3.08. The van der Waals surface area contributed by atoms with Crippen LogP contribution in [0.1, 0.15) is 0 Å². The minimum absolute atomic E-state index is 0.102. The molecule has 3 aromatic rings. The number of aromatic nitrogens is 3. The molecular formula is C16H13ClN4O3S. The molecule has 3 rings (SSSR count). The third kappa shape index (κ3) is 4.49. The van der Waals surface area contributed by atoms with Gasteiger partial charge in [0.1, 0.15) is 5.75 Å². The summed E-state index contributed by atoms with van der Waals surface area (Å²) in [6.07, 6.45) is 1.55. The molecule has 0 fully saturated rings. The van der Waals surface area contributed by atoms with Crippen LogP contribution < -0.4 is 10.1 Å². The Labute approximate surface area is 152 Å². The van der Waals surface area contributed by atoms with E-state index in [2.05, 4.69) is 20.5 Å². The normalized spacial score (nSPS) is 10.5. The van der Waals surface area contributed by atoms with Gasteiger partial charge in [0.05, 0.1) is 18.6 Å². The monoisotopic (exact) mass is 376 g/mol. The Hall–Kier alpha value is -2.58. The van der Waals surface area contributed by atoms with Gasteiger partial charge in [-0.25, -0.2) is 4.98 Å². The van der Waals surface area contributed by atoms with Gasteiger partial charge in [-0.1, -0.05) is 29.4 Å². The van der Waals surface area contributed by atoms with Crippen LogP contribution in [0.4, 0.5) is 5.69 Å². The number of halogens is 1. The summed E-state index contributed by atoms with van der Waals surface area (Å²) in [5.74, 6) is 0.904. The molecule has 2 heterocycles. The smallest absolute Gasteiger partial charge is 0.277 e. The lowest BCUT2D eigenvalue weighted by Gasteiger charge is -2.04. The molecule has 0 aliphatic heterocycles. The molecule has 9 heteroatoms. The molecule has 0 unspecified atom stereocenters. The van der Waals surface area contributed by atoms with Gasteiger partial charge in [0.15, 0.2) is 5.15 Å². The Balaban J connectivity index is 1.60. The van der Waals surface area contributed by atoms with Crippen LogP contribution in [0.2, 0.25) is 5.15 Å². The van der Waals surface area contributed by atoms with Gasteiger partial charge in [0, 0.05) is 11.8 Å². The van der Waals surface area contributed by atoms with Gasteiger partial charge in [-0.3, -0.25) is 4.79 Å². The Morgan fingerprint density at radius 3 is 3.00 bits per heavy atom. The fourth-order valence-corrected chi connectivity index (χ4v) is 2.66. The van der Waals surface area contributed by atoms with Crippen LogP contribution in [-0.2, 0) is 4.79 Å². The number of ether oxygens (including phenoxy) is 1. The number of pyridine rings is 1.